The van der Waals surface area contributed by atoms with Gasteiger partial charge in [0.1, 0.15) is 18.1 Å². The van der Waals surface area contributed by atoms with E-state index in [9.17, 15) is 26.3 Å². The van der Waals surface area contributed by atoms with Gasteiger partial charge in [0.25, 0.3) is 3.79 Å². The van der Waals surface area contributed by atoms with Crippen LogP contribution in [0.25, 0.3) is 0 Å². The number of benzene rings is 1. The molecule has 0 saturated carbocycles. The molecule has 1 aromatic carbocycles. The first kappa shape index (κ1) is 23.3. The Morgan fingerprint density at radius 3 is 1.71 bits per heavy atom. The lowest BCUT2D eigenvalue weighted by Crippen LogP contribution is -2.66. The van der Waals surface area contributed by atoms with Gasteiger partial charge < -0.3 is 31.5 Å². The van der Waals surface area contributed by atoms with Gasteiger partial charge >= 0.3 is 12.4 Å². The fraction of sp³-hybridized carbons (Fsp3) is 0.471. The quantitative estimate of drug-likeness (QED) is 0.285. The van der Waals surface area contributed by atoms with E-state index in [1.165, 1.54) is 0 Å². The summed E-state index contributed by atoms with van der Waals surface area (Å²) in [7, 11) is 0. The predicted molar refractivity (Wildman–Crippen MR) is 105 cm³/mol. The molecule has 28 heavy (non-hydrogen) atoms. The summed E-state index contributed by atoms with van der Waals surface area (Å²) in [5.74, 6) is 0. The Balaban J connectivity index is 2.81. The van der Waals surface area contributed by atoms with Crippen molar-refractivity contribution in [3.63, 3.8) is 0 Å². The Labute approximate surface area is 175 Å². The molecule has 0 atom stereocenters. The molecule has 2 rings (SSSR count). The van der Waals surface area contributed by atoms with Gasteiger partial charge in [0.15, 0.2) is 0 Å². The van der Waals surface area contributed by atoms with Gasteiger partial charge in [0, 0.05) is 0 Å². The van der Waals surface area contributed by atoms with E-state index < -0.39 is 27.3 Å². The molecule has 0 aliphatic heterocycles. The first-order valence-electron chi connectivity index (χ1n) is 8.50. The zero-order valence-electron chi connectivity index (χ0n) is 15.5. The van der Waals surface area contributed by atoms with Crippen molar-refractivity contribution in [1.29, 1.82) is 0 Å². The highest BCUT2D eigenvalue weighted by atomic mass is 79.9. The molecule has 0 aliphatic carbocycles. The summed E-state index contributed by atoms with van der Waals surface area (Å²) in [6.07, 6.45) is -6.29. The van der Waals surface area contributed by atoms with Crippen molar-refractivity contribution in [2.45, 2.75) is 52.1 Å². The summed E-state index contributed by atoms with van der Waals surface area (Å²) in [6, 6.07) is 1.52. The summed E-state index contributed by atoms with van der Waals surface area (Å²) in [4.78, 5) is 0. The molecular weight excluding hydrogens is 517 g/mol. The van der Waals surface area contributed by atoms with Gasteiger partial charge in [-0.1, -0.05) is 12.1 Å². The smallest absolute Gasteiger partial charge is 0.319 e. The summed E-state index contributed by atoms with van der Waals surface area (Å²) >= 11 is 6.84. The lowest BCUT2D eigenvalue weighted by molar-refractivity contribution is -0.699. The standard InChI is InChI=1S/C17H19BBr2F6N2/c1-10(2)27-5-6-28(11(3)4)15(27)18(19,20)14-8-12(16(21,22)23)7-13(9-14)17(24,25)26/h5-11H,1-4H3. The maximum Gasteiger partial charge on any atom is 0.416 e. The van der Waals surface area contributed by atoms with Gasteiger partial charge in [-0.3, -0.25) is 9.13 Å². The fourth-order valence-electron chi connectivity index (χ4n) is 3.01. The van der Waals surface area contributed by atoms with Crippen LogP contribution in [0.5, 0.6) is 0 Å². The molecule has 0 fully saturated rings. The predicted octanol–water partition coefficient (Wildman–Crippen LogP) is 5.32. The molecule has 1 aromatic heterocycles. The lowest BCUT2D eigenvalue weighted by Gasteiger charge is -2.30. The van der Waals surface area contributed by atoms with Crippen LogP contribution in [-0.4, -0.2) is 8.36 Å². The maximum absolute atomic E-state index is 13.3. The van der Waals surface area contributed by atoms with Crippen molar-refractivity contribution in [1.82, 2.24) is 4.57 Å². The first-order chi connectivity index (χ1) is 12.6. The van der Waals surface area contributed by atoms with E-state index in [1.54, 1.807) is 12.4 Å². The van der Waals surface area contributed by atoms with Crippen LogP contribution in [-0.2, 0) is 12.4 Å². The van der Waals surface area contributed by atoms with Crippen LogP contribution in [0.15, 0.2) is 30.6 Å². The van der Waals surface area contributed by atoms with Gasteiger partial charge in [-0.05, 0) is 33.8 Å². The minimum atomic E-state index is -4.91. The summed E-state index contributed by atoms with van der Waals surface area (Å²) in [5, 5.41) is 0. The van der Waals surface area contributed by atoms with Crippen molar-refractivity contribution in [2.24, 2.45) is 0 Å². The number of rotatable bonds is 4. The molecule has 0 aliphatic rings. The molecule has 0 unspecified atom stereocenters. The molecule has 0 bridgehead atoms. The average molecular weight is 536 g/mol. The van der Waals surface area contributed by atoms with Crippen LogP contribution < -0.4 is 15.8 Å². The van der Waals surface area contributed by atoms with Crippen molar-refractivity contribution in [3.05, 3.63) is 41.7 Å². The van der Waals surface area contributed by atoms with Crippen LogP contribution in [0.1, 0.15) is 50.9 Å². The van der Waals surface area contributed by atoms with Crippen LogP contribution in [0, 0.1) is 0 Å². The Kier molecular flexibility index (Phi) is 6.41. The average Bonchev–Trinajstić information content (AvgIpc) is 2.99. The zero-order chi connectivity index (χ0) is 21.7. The highest BCUT2D eigenvalue weighted by Gasteiger charge is 2.41. The Morgan fingerprint density at radius 2 is 1.36 bits per heavy atom. The van der Waals surface area contributed by atoms with E-state index in [0.717, 1.165) is 12.1 Å². The molecule has 156 valence electrons. The van der Waals surface area contributed by atoms with E-state index in [2.05, 4.69) is 31.5 Å². The third-order valence-corrected chi connectivity index (χ3v) is 6.26. The highest BCUT2D eigenvalue weighted by molar-refractivity contribution is 9.52. The zero-order valence-corrected chi connectivity index (χ0v) is 18.7. The van der Waals surface area contributed by atoms with Crippen molar-refractivity contribution in [3.8, 4) is 0 Å². The van der Waals surface area contributed by atoms with Crippen LogP contribution in [0.3, 0.4) is 0 Å². The van der Waals surface area contributed by atoms with Gasteiger partial charge in [-0.25, -0.2) is 0 Å². The number of aromatic nitrogens is 2. The number of halogens is 8. The van der Waals surface area contributed by atoms with E-state index >= 15 is 0 Å². The highest BCUT2D eigenvalue weighted by Crippen LogP contribution is 2.36. The monoisotopic (exact) mass is 534 g/mol. The molecule has 0 radical (unpaired) electrons. The number of alkyl halides is 6. The van der Waals surface area contributed by atoms with Gasteiger partial charge in [-0.15, -0.1) is 0 Å². The molecule has 0 saturated heterocycles. The minimum Gasteiger partial charge on any atom is -0.319 e. The van der Waals surface area contributed by atoms with E-state index in [4.69, 9.17) is 0 Å². The summed E-state index contributed by atoms with van der Waals surface area (Å²) < 4.78 is 81.0. The Bertz CT molecular complexity index is 799. The normalized spacial score (nSPS) is 13.6. The molecule has 0 spiro atoms. The van der Waals surface area contributed by atoms with E-state index in [1.807, 2.05) is 36.8 Å². The summed E-state index contributed by atoms with van der Waals surface area (Å²) in [5.41, 5.74) is -2.29. The largest absolute Gasteiger partial charge is 0.416 e. The van der Waals surface area contributed by atoms with E-state index in [-0.39, 0.29) is 23.6 Å². The second-order valence-corrected chi connectivity index (χ2v) is 11.1. The fourth-order valence-corrected chi connectivity index (χ4v) is 4.49. The third-order valence-electron chi connectivity index (χ3n) is 4.38. The molecule has 2 nitrogen and oxygen atoms in total. The maximum atomic E-state index is 13.3. The molecule has 0 amide bonds. The van der Waals surface area contributed by atoms with Crippen molar-refractivity contribution >= 4 is 46.5 Å². The first-order valence-corrected chi connectivity index (χ1v) is 10.3. The molecule has 11 heteroatoms. The number of hydrogen-bond donors (Lipinski definition) is 0. The van der Waals surface area contributed by atoms with Crippen molar-refractivity contribution in [2.75, 3.05) is 0 Å². The number of hydrogen-bond acceptors (Lipinski definition) is 0. The lowest BCUT2D eigenvalue weighted by atomic mass is 9.66. The Hall–Kier alpha value is -0.965. The third kappa shape index (κ3) is 4.61. The second-order valence-electron chi connectivity index (χ2n) is 7.16. The second kappa shape index (κ2) is 7.70. The summed E-state index contributed by atoms with van der Waals surface area (Å²) in [6.45, 7) is 7.53. The Morgan fingerprint density at radius 1 is 0.893 bits per heavy atom. The SMILES string of the molecule is CC(C)n1cc[n+](C(C)C)c1[B-](Br)(Br)c1cc(C(F)(F)F)cc(C(F)(F)F)c1. The van der Waals surface area contributed by atoms with Crippen LogP contribution in [0.4, 0.5) is 26.3 Å². The topological polar surface area (TPSA) is 8.81 Å². The molecule has 1 heterocycles. The van der Waals surface area contributed by atoms with Crippen LogP contribution in [0.2, 0.25) is 0 Å². The molecule has 0 N–H and O–H groups in total. The van der Waals surface area contributed by atoms with Crippen LogP contribution >= 0.6 is 31.5 Å². The van der Waals surface area contributed by atoms with E-state index in [0.29, 0.717) is 5.72 Å². The van der Waals surface area contributed by atoms with Gasteiger partial charge in [-0.2, -0.15) is 31.8 Å². The molecular formula is C17H19BBr2F6N2. The number of imidazole rings is 1. The van der Waals surface area contributed by atoms with Crippen molar-refractivity contribution < 1.29 is 30.9 Å². The minimum absolute atomic E-state index is 0.0563. The molecule has 2 aromatic rings. The van der Waals surface area contributed by atoms with Gasteiger partial charge in [0.2, 0.25) is 0 Å². The number of nitrogens with zero attached hydrogens (tertiary/aromatic N) is 2. The van der Waals surface area contributed by atoms with Gasteiger partial charge in [0.05, 0.1) is 23.2 Å².